The maximum absolute atomic E-state index is 12.1. The largest absolute Gasteiger partial charge is 0.355 e. The minimum atomic E-state index is -3.61. The highest BCUT2D eigenvalue weighted by atomic mass is 32.2. The van der Waals surface area contributed by atoms with Gasteiger partial charge in [0.1, 0.15) is 4.90 Å². The predicted molar refractivity (Wildman–Crippen MR) is 100 cm³/mol. The Labute approximate surface area is 154 Å². The minimum absolute atomic E-state index is 0.0638. The van der Waals surface area contributed by atoms with E-state index in [1.54, 1.807) is 27.0 Å². The van der Waals surface area contributed by atoms with Crippen molar-refractivity contribution in [3.05, 3.63) is 24.5 Å². The number of nitrogens with zero attached hydrogens (tertiary/aromatic N) is 3. The standard InChI is InChI=1S/C15H25N5O4S2/c1-15(2)12-20(9-10-25(15,21)22)14(16-3)18-7-8-19-26(23,24)13-5-4-6-17-11-13/h4-6,11,19H,7-10,12H2,1-3H3,(H,16,18). The molecule has 1 aromatic heterocycles. The number of hydrogen-bond donors (Lipinski definition) is 2. The molecule has 2 heterocycles. The van der Waals surface area contributed by atoms with Gasteiger partial charge in [-0.15, -0.1) is 0 Å². The van der Waals surface area contributed by atoms with Gasteiger partial charge in [-0.05, 0) is 26.0 Å². The molecule has 0 spiro atoms. The van der Waals surface area contributed by atoms with Crippen molar-refractivity contribution in [2.24, 2.45) is 4.99 Å². The zero-order valence-electron chi connectivity index (χ0n) is 15.1. The highest BCUT2D eigenvalue weighted by Gasteiger charge is 2.40. The van der Waals surface area contributed by atoms with Crippen molar-refractivity contribution in [2.45, 2.75) is 23.5 Å². The minimum Gasteiger partial charge on any atom is -0.355 e. The van der Waals surface area contributed by atoms with Gasteiger partial charge in [0.15, 0.2) is 15.8 Å². The Morgan fingerprint density at radius 2 is 2.12 bits per heavy atom. The number of aliphatic imine (C=N–C) groups is 1. The van der Waals surface area contributed by atoms with Crippen molar-refractivity contribution >= 4 is 25.8 Å². The summed E-state index contributed by atoms with van der Waals surface area (Å²) in [5.41, 5.74) is 0. The van der Waals surface area contributed by atoms with Gasteiger partial charge >= 0.3 is 0 Å². The highest BCUT2D eigenvalue weighted by Crippen LogP contribution is 2.23. The fraction of sp³-hybridized carbons (Fsp3) is 0.600. The number of sulfone groups is 1. The third-order valence-electron chi connectivity index (χ3n) is 4.20. The third-order valence-corrected chi connectivity index (χ3v) is 8.18. The lowest BCUT2D eigenvalue weighted by atomic mass is 10.2. The summed E-state index contributed by atoms with van der Waals surface area (Å²) in [6.45, 7) is 4.55. The number of rotatable bonds is 5. The van der Waals surface area contributed by atoms with Crippen LogP contribution in [0.4, 0.5) is 0 Å². The van der Waals surface area contributed by atoms with Crippen LogP contribution in [-0.4, -0.2) is 76.4 Å². The Bertz CT molecular complexity index is 851. The predicted octanol–water partition coefficient (Wildman–Crippen LogP) is -0.556. The molecule has 1 aliphatic rings. The van der Waals surface area contributed by atoms with Gasteiger partial charge in [0.2, 0.25) is 10.0 Å². The van der Waals surface area contributed by atoms with E-state index in [0.29, 0.717) is 25.6 Å². The molecule has 1 fully saturated rings. The Morgan fingerprint density at radius 3 is 2.69 bits per heavy atom. The van der Waals surface area contributed by atoms with Crippen LogP contribution in [0, 0.1) is 0 Å². The fourth-order valence-corrected chi connectivity index (χ4v) is 4.97. The second-order valence-electron chi connectivity index (χ2n) is 6.56. The number of pyridine rings is 1. The molecule has 0 aliphatic carbocycles. The van der Waals surface area contributed by atoms with E-state index in [9.17, 15) is 16.8 Å². The van der Waals surface area contributed by atoms with E-state index in [1.807, 2.05) is 4.90 Å². The van der Waals surface area contributed by atoms with Gasteiger partial charge in [-0.25, -0.2) is 21.6 Å². The fourth-order valence-electron chi connectivity index (χ4n) is 2.61. The molecule has 146 valence electrons. The van der Waals surface area contributed by atoms with E-state index in [2.05, 4.69) is 20.0 Å². The van der Waals surface area contributed by atoms with E-state index in [4.69, 9.17) is 0 Å². The number of aromatic nitrogens is 1. The molecule has 1 saturated heterocycles. The van der Waals surface area contributed by atoms with E-state index in [-0.39, 0.29) is 17.2 Å². The lowest BCUT2D eigenvalue weighted by Crippen LogP contribution is -2.57. The molecule has 0 saturated carbocycles. The average molecular weight is 404 g/mol. The van der Waals surface area contributed by atoms with Crippen LogP contribution >= 0.6 is 0 Å². The molecule has 2 N–H and O–H groups in total. The van der Waals surface area contributed by atoms with Crippen molar-refractivity contribution in [1.82, 2.24) is 19.9 Å². The first-order valence-electron chi connectivity index (χ1n) is 8.17. The topological polar surface area (TPSA) is 121 Å². The second-order valence-corrected chi connectivity index (χ2v) is 11.1. The van der Waals surface area contributed by atoms with E-state index < -0.39 is 24.6 Å². The summed E-state index contributed by atoms with van der Waals surface area (Å²) in [6, 6.07) is 3.03. The summed E-state index contributed by atoms with van der Waals surface area (Å²) >= 11 is 0. The van der Waals surface area contributed by atoms with Crippen LogP contribution in [0.1, 0.15) is 13.8 Å². The van der Waals surface area contributed by atoms with Gasteiger partial charge < -0.3 is 10.2 Å². The Hall–Kier alpha value is -1.72. The van der Waals surface area contributed by atoms with E-state index in [1.165, 1.54) is 18.5 Å². The van der Waals surface area contributed by atoms with Crippen molar-refractivity contribution < 1.29 is 16.8 Å². The molecule has 0 atom stereocenters. The molecule has 2 rings (SSSR count). The van der Waals surface area contributed by atoms with Crippen LogP contribution in [0.15, 0.2) is 34.4 Å². The molecule has 11 heteroatoms. The number of nitrogens with one attached hydrogen (secondary N) is 2. The van der Waals surface area contributed by atoms with Gasteiger partial charge in [-0.2, -0.15) is 0 Å². The van der Waals surface area contributed by atoms with E-state index >= 15 is 0 Å². The third kappa shape index (κ3) is 4.71. The summed E-state index contributed by atoms with van der Waals surface area (Å²) in [6.07, 6.45) is 2.79. The smallest absolute Gasteiger partial charge is 0.242 e. The summed E-state index contributed by atoms with van der Waals surface area (Å²) in [7, 11) is -5.13. The maximum Gasteiger partial charge on any atom is 0.242 e. The summed E-state index contributed by atoms with van der Waals surface area (Å²) < 4.78 is 50.1. The van der Waals surface area contributed by atoms with Crippen LogP contribution in [0.3, 0.4) is 0 Å². The molecule has 1 aromatic rings. The molecule has 26 heavy (non-hydrogen) atoms. The molecule has 0 unspecified atom stereocenters. The Kier molecular flexibility index (Phi) is 6.25. The quantitative estimate of drug-likeness (QED) is 0.384. The average Bonchev–Trinajstić information content (AvgIpc) is 2.58. The van der Waals surface area contributed by atoms with Gasteiger partial charge in [-0.1, -0.05) is 0 Å². The maximum atomic E-state index is 12.1. The van der Waals surface area contributed by atoms with Crippen molar-refractivity contribution in [3.63, 3.8) is 0 Å². The van der Waals surface area contributed by atoms with Crippen molar-refractivity contribution in [2.75, 3.05) is 39.0 Å². The van der Waals surface area contributed by atoms with Crippen LogP contribution in [0.5, 0.6) is 0 Å². The molecule has 9 nitrogen and oxygen atoms in total. The summed E-state index contributed by atoms with van der Waals surface area (Å²) in [4.78, 5) is 9.94. The molecule has 0 radical (unpaired) electrons. The number of guanidine groups is 1. The van der Waals surface area contributed by atoms with Gasteiger partial charge in [-0.3, -0.25) is 9.98 Å². The monoisotopic (exact) mass is 403 g/mol. The van der Waals surface area contributed by atoms with E-state index in [0.717, 1.165) is 0 Å². The van der Waals surface area contributed by atoms with Gasteiger partial charge in [0.25, 0.3) is 0 Å². The molecule has 0 aromatic carbocycles. The van der Waals surface area contributed by atoms with Crippen molar-refractivity contribution in [1.29, 1.82) is 0 Å². The van der Waals surface area contributed by atoms with Gasteiger partial charge in [0, 0.05) is 45.6 Å². The lowest BCUT2D eigenvalue weighted by molar-refractivity contribution is 0.353. The lowest BCUT2D eigenvalue weighted by Gasteiger charge is -2.39. The first kappa shape index (κ1) is 20.6. The second kappa shape index (κ2) is 7.89. The number of sulfonamides is 1. The van der Waals surface area contributed by atoms with Crippen LogP contribution in [-0.2, 0) is 19.9 Å². The molecule has 0 bridgehead atoms. The summed E-state index contributed by atoms with van der Waals surface area (Å²) in [5, 5.41) is 3.07. The first-order chi connectivity index (χ1) is 12.1. The molecular formula is C15H25N5O4S2. The molecule has 0 amide bonds. The normalized spacial score (nSPS) is 20.0. The summed E-state index contributed by atoms with van der Waals surface area (Å²) in [5.74, 6) is 0.613. The molecule has 1 aliphatic heterocycles. The van der Waals surface area contributed by atoms with Crippen LogP contribution < -0.4 is 10.0 Å². The Morgan fingerprint density at radius 1 is 1.38 bits per heavy atom. The Balaban J connectivity index is 1.89. The SMILES string of the molecule is CN=C(NCCNS(=O)(=O)c1cccnc1)N1CCS(=O)(=O)C(C)(C)C1. The first-order valence-corrected chi connectivity index (χ1v) is 11.3. The zero-order chi connectivity index (χ0) is 19.4. The van der Waals surface area contributed by atoms with Gasteiger partial charge in [0.05, 0.1) is 10.5 Å². The van der Waals surface area contributed by atoms with Crippen LogP contribution in [0.25, 0.3) is 0 Å². The van der Waals surface area contributed by atoms with Crippen LogP contribution in [0.2, 0.25) is 0 Å². The van der Waals surface area contributed by atoms with Crippen molar-refractivity contribution in [3.8, 4) is 0 Å². The highest BCUT2D eigenvalue weighted by molar-refractivity contribution is 7.92. The molecular weight excluding hydrogens is 378 g/mol. The number of hydrogen-bond acceptors (Lipinski definition) is 6. The zero-order valence-corrected chi connectivity index (χ0v) is 16.8.